The van der Waals surface area contributed by atoms with Crippen molar-refractivity contribution in [1.82, 2.24) is 5.32 Å². The zero-order valence-electron chi connectivity index (χ0n) is 8.90. The highest BCUT2D eigenvalue weighted by Crippen LogP contribution is 2.07. The molecule has 1 amide bonds. The maximum Gasteiger partial charge on any atom is 0.408 e. The third kappa shape index (κ3) is 6.32. The SMILES string of the molecule is CC(C)(C)OC(=O)N[C@@H](C[13C]#N)C(=O)O. The second-order valence-corrected chi connectivity index (χ2v) is 3.90. The minimum Gasteiger partial charge on any atom is -0.480 e. The van der Waals surface area contributed by atoms with Crippen LogP contribution in [0.2, 0.25) is 0 Å². The van der Waals surface area contributed by atoms with Crippen molar-refractivity contribution in [2.45, 2.75) is 38.8 Å². The maximum atomic E-state index is 11.1. The summed E-state index contributed by atoms with van der Waals surface area (Å²) in [7, 11) is 0. The Morgan fingerprint density at radius 3 is 2.40 bits per heavy atom. The minimum absolute atomic E-state index is 0.297. The van der Waals surface area contributed by atoms with E-state index in [0.29, 0.717) is 0 Å². The Hall–Kier alpha value is -1.77. The van der Waals surface area contributed by atoms with Crippen LogP contribution < -0.4 is 5.32 Å². The number of hydrogen-bond acceptors (Lipinski definition) is 4. The molecule has 0 aliphatic rings. The van der Waals surface area contributed by atoms with Crippen molar-refractivity contribution in [1.29, 1.82) is 5.26 Å². The Kier molecular flexibility index (Phi) is 4.58. The lowest BCUT2D eigenvalue weighted by atomic mass is 10.2. The fourth-order valence-corrected chi connectivity index (χ4v) is 0.741. The number of carboxylic acids is 1. The smallest absolute Gasteiger partial charge is 0.408 e. The number of carboxylic acid groups (broad SMARTS) is 1. The molecule has 2 N–H and O–H groups in total. The fraction of sp³-hybridized carbons (Fsp3) is 0.667. The Morgan fingerprint density at radius 2 is 2.07 bits per heavy atom. The lowest BCUT2D eigenvalue weighted by Gasteiger charge is -2.21. The number of carbonyl (C=O) groups excluding carboxylic acids is 1. The molecule has 0 unspecified atom stereocenters. The lowest BCUT2D eigenvalue weighted by molar-refractivity contribution is -0.139. The van der Waals surface area contributed by atoms with E-state index in [9.17, 15) is 9.59 Å². The zero-order valence-corrected chi connectivity index (χ0v) is 8.90. The van der Waals surface area contributed by atoms with E-state index >= 15 is 0 Å². The third-order valence-electron chi connectivity index (χ3n) is 1.28. The molecule has 0 rings (SSSR count). The second kappa shape index (κ2) is 5.20. The Bertz CT molecular complexity index is 287. The first-order chi connectivity index (χ1) is 6.76. The van der Waals surface area contributed by atoms with Crippen LogP contribution in [0.4, 0.5) is 4.79 Å². The van der Waals surface area contributed by atoms with E-state index in [2.05, 4.69) is 5.32 Å². The molecular weight excluding hydrogens is 201 g/mol. The molecule has 1 atom stereocenters. The number of amides is 1. The van der Waals surface area contributed by atoms with Crippen LogP contribution in [-0.2, 0) is 9.53 Å². The van der Waals surface area contributed by atoms with Crippen LogP contribution in [0.15, 0.2) is 0 Å². The van der Waals surface area contributed by atoms with Gasteiger partial charge in [-0.05, 0) is 20.8 Å². The Morgan fingerprint density at radius 1 is 1.53 bits per heavy atom. The van der Waals surface area contributed by atoms with Crippen molar-refractivity contribution < 1.29 is 19.4 Å². The van der Waals surface area contributed by atoms with Crippen LogP contribution in [0.3, 0.4) is 0 Å². The molecule has 6 heteroatoms. The summed E-state index contributed by atoms with van der Waals surface area (Å²) in [4.78, 5) is 21.7. The fourth-order valence-electron chi connectivity index (χ4n) is 0.741. The summed E-state index contributed by atoms with van der Waals surface area (Å²) < 4.78 is 4.84. The number of nitriles is 1. The van der Waals surface area contributed by atoms with Gasteiger partial charge in [0.1, 0.15) is 11.6 Å². The number of alkyl carbamates (subject to hydrolysis) is 1. The molecule has 0 bridgehead atoms. The summed E-state index contributed by atoms with van der Waals surface area (Å²) in [6.45, 7) is 4.98. The standard InChI is InChI=1S/C9H14N2O4/c1-9(2,3)15-8(14)11-6(4-5-10)7(12)13/h6H,4H2,1-3H3,(H,11,14)(H,12,13)/t6-/m0/s1/i5+1. The number of nitrogens with zero attached hydrogens (tertiary/aromatic N) is 1. The number of ether oxygens (including phenoxy) is 1. The van der Waals surface area contributed by atoms with Gasteiger partial charge in [-0.2, -0.15) is 5.26 Å². The highest BCUT2D eigenvalue weighted by molar-refractivity contribution is 5.80. The molecule has 0 aliphatic carbocycles. The van der Waals surface area contributed by atoms with Gasteiger partial charge in [0.25, 0.3) is 0 Å². The van der Waals surface area contributed by atoms with E-state index in [-0.39, 0.29) is 6.42 Å². The van der Waals surface area contributed by atoms with Gasteiger partial charge in [-0.1, -0.05) is 0 Å². The first-order valence-electron chi connectivity index (χ1n) is 4.35. The molecule has 0 saturated heterocycles. The van der Waals surface area contributed by atoms with Gasteiger partial charge in [-0.25, -0.2) is 9.59 Å². The molecule has 0 aliphatic heterocycles. The van der Waals surface area contributed by atoms with Gasteiger partial charge in [0.05, 0.1) is 12.5 Å². The van der Waals surface area contributed by atoms with E-state index in [0.717, 1.165) is 0 Å². The lowest BCUT2D eigenvalue weighted by Crippen LogP contribution is -2.43. The van der Waals surface area contributed by atoms with Gasteiger partial charge in [0.2, 0.25) is 0 Å². The van der Waals surface area contributed by atoms with Gasteiger partial charge in [0, 0.05) is 0 Å². The molecule has 15 heavy (non-hydrogen) atoms. The Balaban J connectivity index is 4.25. The van der Waals surface area contributed by atoms with Gasteiger partial charge < -0.3 is 15.2 Å². The number of aliphatic carboxylic acids is 1. The topological polar surface area (TPSA) is 99.4 Å². The maximum absolute atomic E-state index is 11.1. The normalized spacial score (nSPS) is 12.4. The van der Waals surface area contributed by atoms with Crippen molar-refractivity contribution in [2.24, 2.45) is 0 Å². The number of carbonyl (C=O) groups is 2. The molecule has 0 spiro atoms. The molecule has 6 nitrogen and oxygen atoms in total. The van der Waals surface area contributed by atoms with Crippen molar-refractivity contribution in [3.8, 4) is 6.07 Å². The van der Waals surface area contributed by atoms with Crippen molar-refractivity contribution in [2.75, 3.05) is 0 Å². The first-order valence-corrected chi connectivity index (χ1v) is 4.35. The van der Waals surface area contributed by atoms with Gasteiger partial charge in [0.15, 0.2) is 0 Å². The Labute approximate surface area is 87.8 Å². The quantitative estimate of drug-likeness (QED) is 0.680. The van der Waals surface area contributed by atoms with E-state index in [1.807, 2.05) is 0 Å². The summed E-state index contributed by atoms with van der Waals surface area (Å²) in [6.07, 6.45) is -1.14. The number of nitrogens with one attached hydrogen (secondary N) is 1. The third-order valence-corrected chi connectivity index (χ3v) is 1.28. The molecular formula is C9H14N2O4. The van der Waals surface area contributed by atoms with Crippen LogP contribution in [0.5, 0.6) is 0 Å². The summed E-state index contributed by atoms with van der Waals surface area (Å²) in [6, 6.07) is 0.435. The molecule has 0 radical (unpaired) electrons. The highest BCUT2D eigenvalue weighted by atomic mass is 16.6. The monoisotopic (exact) mass is 215 g/mol. The summed E-state index contributed by atoms with van der Waals surface area (Å²) in [5.41, 5.74) is -0.695. The highest BCUT2D eigenvalue weighted by Gasteiger charge is 2.23. The van der Waals surface area contributed by atoms with Crippen LogP contribution in [0.1, 0.15) is 27.2 Å². The van der Waals surface area contributed by atoms with Gasteiger partial charge in [-0.15, -0.1) is 0 Å². The van der Waals surface area contributed by atoms with E-state index in [1.165, 1.54) is 0 Å². The number of rotatable bonds is 3. The van der Waals surface area contributed by atoms with Crippen LogP contribution in [0.25, 0.3) is 0 Å². The van der Waals surface area contributed by atoms with E-state index in [1.54, 1.807) is 26.8 Å². The number of hydrogen-bond donors (Lipinski definition) is 2. The molecule has 84 valence electrons. The predicted molar refractivity (Wildman–Crippen MR) is 51.0 cm³/mol. The summed E-state index contributed by atoms with van der Waals surface area (Å²) >= 11 is 0. The molecule has 0 saturated carbocycles. The molecule has 0 aromatic heterocycles. The minimum atomic E-state index is -1.26. The predicted octanol–water partition coefficient (Wildman–Crippen LogP) is 0.878. The molecule has 0 heterocycles. The molecule has 0 aromatic carbocycles. The van der Waals surface area contributed by atoms with E-state index < -0.39 is 23.7 Å². The van der Waals surface area contributed by atoms with Gasteiger partial charge in [-0.3, -0.25) is 0 Å². The average Bonchev–Trinajstić information content (AvgIpc) is 1.99. The van der Waals surface area contributed by atoms with Crippen molar-refractivity contribution in [3.05, 3.63) is 0 Å². The molecule has 0 aromatic rings. The summed E-state index contributed by atoms with van der Waals surface area (Å²) in [5, 5.41) is 19.0. The van der Waals surface area contributed by atoms with Crippen LogP contribution in [-0.4, -0.2) is 28.8 Å². The van der Waals surface area contributed by atoms with Crippen molar-refractivity contribution >= 4 is 12.1 Å². The largest absolute Gasteiger partial charge is 0.480 e. The average molecular weight is 215 g/mol. The van der Waals surface area contributed by atoms with Gasteiger partial charge >= 0.3 is 12.1 Å². The van der Waals surface area contributed by atoms with Crippen LogP contribution >= 0.6 is 0 Å². The second-order valence-electron chi connectivity index (χ2n) is 3.90. The van der Waals surface area contributed by atoms with Crippen LogP contribution in [0, 0.1) is 11.3 Å². The summed E-state index contributed by atoms with van der Waals surface area (Å²) in [5.74, 6) is -1.26. The van der Waals surface area contributed by atoms with E-state index in [4.69, 9.17) is 15.1 Å². The first kappa shape index (κ1) is 13.2. The van der Waals surface area contributed by atoms with Crippen molar-refractivity contribution in [3.63, 3.8) is 0 Å². The molecule has 0 fully saturated rings. The zero-order chi connectivity index (χ0) is 12.1.